The van der Waals surface area contributed by atoms with Gasteiger partial charge in [0.2, 0.25) is 0 Å². The number of benzene rings is 1. The van der Waals surface area contributed by atoms with Crippen LogP contribution in [0.2, 0.25) is 0 Å². The molecule has 0 radical (unpaired) electrons. The van der Waals surface area contributed by atoms with Gasteiger partial charge in [0.15, 0.2) is 0 Å². The molecule has 0 amide bonds. The Morgan fingerprint density at radius 2 is 1.88 bits per heavy atom. The Kier molecular flexibility index (Phi) is 4.63. The van der Waals surface area contributed by atoms with Gasteiger partial charge in [-0.05, 0) is 38.1 Å². The molecule has 0 aliphatic heterocycles. The molecular weight excluding hydrogens is 223 g/mol. The molecule has 0 unspecified atom stereocenters. The van der Waals surface area contributed by atoms with Crippen molar-refractivity contribution in [2.24, 2.45) is 0 Å². The van der Waals surface area contributed by atoms with Crippen LogP contribution in [0.1, 0.15) is 30.6 Å². The molecule has 0 fully saturated rings. The minimum Gasteiger partial charge on any atom is -0.462 e. The smallest absolute Gasteiger partial charge is 0.338 e. The molecular formula is C13H17FO3. The van der Waals surface area contributed by atoms with Crippen LogP contribution in [-0.4, -0.2) is 25.3 Å². The summed E-state index contributed by atoms with van der Waals surface area (Å²) in [5.41, 5.74) is 0.0323. The number of hydrogen-bond acceptors (Lipinski definition) is 3. The molecule has 17 heavy (non-hydrogen) atoms. The Hall–Kier alpha value is -1.42. The van der Waals surface area contributed by atoms with Crippen molar-refractivity contribution >= 4 is 5.97 Å². The zero-order valence-corrected chi connectivity index (χ0v) is 10.3. The Balaban J connectivity index is 2.43. The highest BCUT2D eigenvalue weighted by molar-refractivity contribution is 5.89. The summed E-state index contributed by atoms with van der Waals surface area (Å²) in [5.74, 6) is -0.820. The highest BCUT2D eigenvalue weighted by Crippen LogP contribution is 2.13. The van der Waals surface area contributed by atoms with E-state index in [1.807, 2.05) is 13.8 Å². The van der Waals surface area contributed by atoms with Gasteiger partial charge in [0.25, 0.3) is 0 Å². The lowest BCUT2D eigenvalue weighted by molar-refractivity contribution is -0.00563. The molecule has 0 aliphatic rings. The topological polar surface area (TPSA) is 35.5 Å². The molecule has 0 saturated heterocycles. The summed E-state index contributed by atoms with van der Waals surface area (Å²) < 4.78 is 22.9. The van der Waals surface area contributed by atoms with Crippen molar-refractivity contribution in [3.63, 3.8) is 0 Å². The summed E-state index contributed by atoms with van der Waals surface area (Å²) in [7, 11) is 1.61. The molecule has 0 atom stereocenters. The molecule has 0 bridgehead atoms. The van der Waals surface area contributed by atoms with Gasteiger partial charge in [-0.25, -0.2) is 9.18 Å². The molecule has 3 nitrogen and oxygen atoms in total. The molecule has 0 aliphatic carbocycles. The molecule has 94 valence electrons. The third-order valence-electron chi connectivity index (χ3n) is 2.57. The van der Waals surface area contributed by atoms with Crippen molar-refractivity contribution in [1.82, 2.24) is 0 Å². The van der Waals surface area contributed by atoms with E-state index in [4.69, 9.17) is 9.47 Å². The summed E-state index contributed by atoms with van der Waals surface area (Å²) in [6, 6.07) is 5.27. The van der Waals surface area contributed by atoms with Gasteiger partial charge in [0, 0.05) is 13.5 Å². The van der Waals surface area contributed by atoms with E-state index < -0.39 is 5.97 Å². The lowest BCUT2D eigenvalue weighted by Gasteiger charge is -2.22. The van der Waals surface area contributed by atoms with Crippen molar-refractivity contribution in [3.8, 4) is 0 Å². The number of rotatable bonds is 5. The van der Waals surface area contributed by atoms with Gasteiger partial charge >= 0.3 is 5.97 Å². The number of carbonyl (C=O) groups is 1. The molecule has 0 heterocycles. The van der Waals surface area contributed by atoms with E-state index in [2.05, 4.69) is 0 Å². The number of hydrogen-bond donors (Lipinski definition) is 0. The summed E-state index contributed by atoms with van der Waals surface area (Å²) in [4.78, 5) is 11.5. The second kappa shape index (κ2) is 5.77. The van der Waals surface area contributed by atoms with Crippen LogP contribution >= 0.6 is 0 Å². The van der Waals surface area contributed by atoms with Crippen LogP contribution in [0.4, 0.5) is 4.39 Å². The number of carbonyl (C=O) groups excluding carboxylic acids is 1. The number of halogens is 1. The normalized spacial score (nSPS) is 11.3. The number of esters is 1. The molecule has 1 rings (SSSR count). The van der Waals surface area contributed by atoms with Crippen molar-refractivity contribution in [3.05, 3.63) is 35.6 Å². The maximum absolute atomic E-state index is 12.6. The Morgan fingerprint density at radius 1 is 1.29 bits per heavy atom. The molecule has 1 aromatic rings. The zero-order valence-electron chi connectivity index (χ0n) is 10.3. The van der Waals surface area contributed by atoms with Crippen LogP contribution in [0.5, 0.6) is 0 Å². The molecule has 0 spiro atoms. The van der Waals surface area contributed by atoms with Gasteiger partial charge in [-0.2, -0.15) is 0 Å². The van der Waals surface area contributed by atoms with Gasteiger partial charge in [-0.15, -0.1) is 0 Å². The van der Waals surface area contributed by atoms with E-state index in [-0.39, 0.29) is 18.0 Å². The Labute approximate surface area is 101 Å². The van der Waals surface area contributed by atoms with Gasteiger partial charge < -0.3 is 9.47 Å². The van der Waals surface area contributed by atoms with E-state index in [0.29, 0.717) is 12.0 Å². The quantitative estimate of drug-likeness (QED) is 0.742. The van der Waals surface area contributed by atoms with Gasteiger partial charge in [0.1, 0.15) is 5.82 Å². The average molecular weight is 240 g/mol. The molecule has 1 aromatic carbocycles. The fourth-order valence-electron chi connectivity index (χ4n) is 1.16. The van der Waals surface area contributed by atoms with Crippen LogP contribution in [0.3, 0.4) is 0 Å². The fourth-order valence-corrected chi connectivity index (χ4v) is 1.16. The molecule has 0 aromatic heterocycles. The fraction of sp³-hybridized carbons (Fsp3) is 0.462. The first-order valence-electron chi connectivity index (χ1n) is 5.42. The van der Waals surface area contributed by atoms with Crippen LogP contribution in [0, 0.1) is 5.82 Å². The minimum absolute atomic E-state index is 0.275. The van der Waals surface area contributed by atoms with Crippen molar-refractivity contribution < 1.29 is 18.7 Å². The van der Waals surface area contributed by atoms with Crippen LogP contribution < -0.4 is 0 Å². The predicted molar refractivity (Wildman–Crippen MR) is 62.4 cm³/mol. The average Bonchev–Trinajstić information content (AvgIpc) is 2.29. The second-order valence-electron chi connectivity index (χ2n) is 4.36. The van der Waals surface area contributed by atoms with Crippen LogP contribution in [-0.2, 0) is 9.47 Å². The molecule has 0 saturated carbocycles. The first kappa shape index (κ1) is 13.6. The number of methoxy groups -OCH3 is 1. The van der Waals surface area contributed by atoms with Crippen molar-refractivity contribution in [2.75, 3.05) is 13.7 Å². The SMILES string of the molecule is COC(C)(C)CCOC(=O)c1ccc(F)cc1. The first-order valence-corrected chi connectivity index (χ1v) is 5.42. The highest BCUT2D eigenvalue weighted by atomic mass is 19.1. The second-order valence-corrected chi connectivity index (χ2v) is 4.36. The lowest BCUT2D eigenvalue weighted by atomic mass is 10.1. The lowest BCUT2D eigenvalue weighted by Crippen LogP contribution is -2.25. The van der Waals surface area contributed by atoms with Gasteiger partial charge in [-0.1, -0.05) is 0 Å². The summed E-state index contributed by atoms with van der Waals surface area (Å²) in [6.45, 7) is 4.11. The third-order valence-corrected chi connectivity index (χ3v) is 2.57. The Bertz CT molecular complexity index is 371. The molecule has 0 N–H and O–H groups in total. The maximum Gasteiger partial charge on any atom is 0.338 e. The molecule has 4 heteroatoms. The minimum atomic E-state index is -0.447. The predicted octanol–water partition coefficient (Wildman–Crippen LogP) is 2.80. The van der Waals surface area contributed by atoms with E-state index in [1.165, 1.54) is 24.3 Å². The monoisotopic (exact) mass is 240 g/mol. The van der Waals surface area contributed by atoms with E-state index in [0.717, 1.165) is 0 Å². The zero-order chi connectivity index (χ0) is 12.9. The third kappa shape index (κ3) is 4.53. The first-order chi connectivity index (χ1) is 7.94. The van der Waals surface area contributed by atoms with E-state index in [9.17, 15) is 9.18 Å². The Morgan fingerprint density at radius 3 is 2.41 bits per heavy atom. The highest BCUT2D eigenvalue weighted by Gasteiger charge is 2.17. The summed E-state index contributed by atoms with van der Waals surface area (Å²) >= 11 is 0. The maximum atomic E-state index is 12.6. The van der Waals surface area contributed by atoms with E-state index >= 15 is 0 Å². The van der Waals surface area contributed by atoms with Crippen molar-refractivity contribution in [2.45, 2.75) is 25.9 Å². The summed E-state index contributed by atoms with van der Waals surface area (Å²) in [5, 5.41) is 0. The van der Waals surface area contributed by atoms with Crippen LogP contribution in [0.15, 0.2) is 24.3 Å². The van der Waals surface area contributed by atoms with Crippen molar-refractivity contribution in [1.29, 1.82) is 0 Å². The van der Waals surface area contributed by atoms with Gasteiger partial charge in [0.05, 0.1) is 17.8 Å². The number of ether oxygens (including phenoxy) is 2. The van der Waals surface area contributed by atoms with Gasteiger partial charge in [-0.3, -0.25) is 0 Å². The standard InChI is InChI=1S/C13H17FO3/c1-13(2,16-3)8-9-17-12(15)10-4-6-11(14)7-5-10/h4-7H,8-9H2,1-3H3. The van der Waals surface area contributed by atoms with Crippen LogP contribution in [0.25, 0.3) is 0 Å². The summed E-state index contributed by atoms with van der Waals surface area (Å²) in [6.07, 6.45) is 0.608. The van der Waals surface area contributed by atoms with E-state index in [1.54, 1.807) is 7.11 Å². The largest absolute Gasteiger partial charge is 0.462 e.